The Morgan fingerprint density at radius 3 is 2.48 bits per heavy atom. The molecule has 0 aliphatic heterocycles. The molecular formula is C22H14Cl2N2O3. The first kappa shape index (κ1) is 20.4. The Labute approximate surface area is 177 Å². The summed E-state index contributed by atoms with van der Waals surface area (Å²) in [5.41, 5.74) is 2.39. The van der Waals surface area contributed by atoms with Gasteiger partial charge in [0, 0.05) is 33.3 Å². The average Bonchev–Trinajstić information content (AvgIpc) is 2.72. The number of hydrogen-bond donors (Lipinski definition) is 0. The number of benzene rings is 3. The van der Waals surface area contributed by atoms with Crippen LogP contribution in [0, 0.1) is 21.4 Å². The fraction of sp³-hybridized carbons (Fsp3) is 0.0455. The molecule has 5 nitrogen and oxygen atoms in total. The zero-order valence-electron chi connectivity index (χ0n) is 15.0. The van der Waals surface area contributed by atoms with Crippen molar-refractivity contribution in [3.8, 4) is 11.8 Å². The third kappa shape index (κ3) is 5.14. The van der Waals surface area contributed by atoms with Crippen molar-refractivity contribution in [1.29, 1.82) is 5.26 Å². The maximum Gasteiger partial charge on any atom is 0.269 e. The maximum absolute atomic E-state index is 10.8. The summed E-state index contributed by atoms with van der Waals surface area (Å²) in [5, 5.41) is 21.4. The van der Waals surface area contributed by atoms with E-state index in [1.807, 2.05) is 18.2 Å². The second-order valence-electron chi connectivity index (χ2n) is 6.04. The number of nitriles is 1. The number of para-hydroxylation sites is 1. The predicted molar refractivity (Wildman–Crippen MR) is 114 cm³/mol. The van der Waals surface area contributed by atoms with Crippen molar-refractivity contribution in [1.82, 2.24) is 0 Å². The summed E-state index contributed by atoms with van der Waals surface area (Å²) >= 11 is 12.1. The van der Waals surface area contributed by atoms with Gasteiger partial charge < -0.3 is 4.74 Å². The van der Waals surface area contributed by atoms with Crippen LogP contribution in [0.5, 0.6) is 5.75 Å². The van der Waals surface area contributed by atoms with Gasteiger partial charge in [-0.2, -0.15) is 5.26 Å². The molecule has 0 amide bonds. The van der Waals surface area contributed by atoms with Crippen molar-refractivity contribution in [3.05, 3.63) is 104 Å². The van der Waals surface area contributed by atoms with Crippen LogP contribution in [0.2, 0.25) is 10.0 Å². The van der Waals surface area contributed by atoms with Crippen LogP contribution < -0.4 is 4.74 Å². The lowest BCUT2D eigenvalue weighted by Gasteiger charge is -2.11. The van der Waals surface area contributed by atoms with Crippen molar-refractivity contribution in [2.45, 2.75) is 6.61 Å². The fourth-order valence-corrected chi connectivity index (χ4v) is 3.09. The minimum Gasteiger partial charge on any atom is -0.488 e. The monoisotopic (exact) mass is 424 g/mol. The number of rotatable bonds is 6. The molecule has 144 valence electrons. The molecule has 3 rings (SSSR count). The zero-order valence-corrected chi connectivity index (χ0v) is 16.5. The Hall–Kier alpha value is -3.33. The SMILES string of the molecule is N#C/C(=C/c1ccccc1OCc1ccc(Cl)cc1Cl)c1ccc([N+](=O)[O-])cc1. The highest BCUT2D eigenvalue weighted by atomic mass is 35.5. The Bertz CT molecular complexity index is 1120. The van der Waals surface area contributed by atoms with Gasteiger partial charge in [-0.05, 0) is 42.0 Å². The molecule has 0 fully saturated rings. The first-order valence-electron chi connectivity index (χ1n) is 8.50. The first-order chi connectivity index (χ1) is 14.0. The Balaban J connectivity index is 1.86. The van der Waals surface area contributed by atoms with Gasteiger partial charge in [-0.1, -0.05) is 47.5 Å². The van der Waals surface area contributed by atoms with E-state index in [4.69, 9.17) is 27.9 Å². The van der Waals surface area contributed by atoms with Crippen LogP contribution in [0.25, 0.3) is 11.6 Å². The maximum atomic E-state index is 10.8. The van der Waals surface area contributed by atoms with Gasteiger partial charge in [0.25, 0.3) is 5.69 Å². The van der Waals surface area contributed by atoms with Crippen molar-refractivity contribution in [3.63, 3.8) is 0 Å². The standard InChI is InChI=1S/C22H14Cl2N2O3/c23-19-8-5-17(21(24)12-19)14-29-22-4-2-1-3-16(22)11-18(13-25)15-6-9-20(10-7-15)26(27)28/h1-12H,14H2/b18-11-. The van der Waals surface area contributed by atoms with Crippen molar-refractivity contribution in [2.75, 3.05) is 0 Å². The van der Waals surface area contributed by atoms with Gasteiger partial charge in [0.15, 0.2) is 0 Å². The predicted octanol–water partition coefficient (Wildman–Crippen LogP) is 6.54. The number of hydrogen-bond acceptors (Lipinski definition) is 4. The summed E-state index contributed by atoms with van der Waals surface area (Å²) in [6.07, 6.45) is 1.68. The molecule has 0 N–H and O–H groups in total. The summed E-state index contributed by atoms with van der Waals surface area (Å²) in [6.45, 7) is 0.236. The van der Waals surface area contributed by atoms with Gasteiger partial charge in [-0.25, -0.2) is 0 Å². The smallest absolute Gasteiger partial charge is 0.269 e. The molecule has 0 atom stereocenters. The van der Waals surface area contributed by atoms with E-state index in [1.165, 1.54) is 12.1 Å². The van der Waals surface area contributed by atoms with Crippen molar-refractivity contribution < 1.29 is 9.66 Å². The number of non-ortho nitro benzene ring substituents is 1. The average molecular weight is 425 g/mol. The summed E-state index contributed by atoms with van der Waals surface area (Å²) in [7, 11) is 0. The van der Waals surface area contributed by atoms with Crippen LogP contribution in [0.3, 0.4) is 0 Å². The Morgan fingerprint density at radius 1 is 1.10 bits per heavy atom. The molecule has 0 unspecified atom stereocenters. The van der Waals surface area contributed by atoms with Gasteiger partial charge in [0.05, 0.1) is 16.6 Å². The van der Waals surface area contributed by atoms with Gasteiger partial charge >= 0.3 is 0 Å². The molecule has 0 bridgehead atoms. The number of nitrogens with zero attached hydrogens (tertiary/aromatic N) is 2. The van der Waals surface area contributed by atoms with Gasteiger partial charge in [-0.15, -0.1) is 0 Å². The molecule has 0 saturated carbocycles. The topological polar surface area (TPSA) is 76.2 Å². The van der Waals surface area contributed by atoms with Crippen molar-refractivity contribution in [2.24, 2.45) is 0 Å². The summed E-state index contributed by atoms with van der Waals surface area (Å²) in [5.74, 6) is 0.577. The highest BCUT2D eigenvalue weighted by Gasteiger charge is 2.09. The molecule has 3 aromatic carbocycles. The number of halogens is 2. The largest absolute Gasteiger partial charge is 0.488 e. The van der Waals surface area contributed by atoms with E-state index in [0.717, 1.165) is 5.56 Å². The third-order valence-electron chi connectivity index (χ3n) is 4.13. The van der Waals surface area contributed by atoms with Crippen LogP contribution in [0.1, 0.15) is 16.7 Å². The van der Waals surface area contributed by atoms with E-state index in [9.17, 15) is 15.4 Å². The van der Waals surface area contributed by atoms with Gasteiger partial charge in [0.1, 0.15) is 12.4 Å². The Kier molecular flexibility index (Phi) is 6.50. The van der Waals surface area contributed by atoms with Gasteiger partial charge in [0.2, 0.25) is 0 Å². The zero-order chi connectivity index (χ0) is 20.8. The minimum absolute atomic E-state index is 0.0328. The fourth-order valence-electron chi connectivity index (χ4n) is 2.62. The molecule has 0 aromatic heterocycles. The van der Waals surface area contributed by atoms with Gasteiger partial charge in [-0.3, -0.25) is 10.1 Å². The normalized spacial score (nSPS) is 11.0. The number of allylic oxidation sites excluding steroid dienone is 1. The van der Waals surface area contributed by atoms with E-state index >= 15 is 0 Å². The molecule has 0 radical (unpaired) electrons. The number of nitro groups is 1. The lowest BCUT2D eigenvalue weighted by molar-refractivity contribution is -0.384. The minimum atomic E-state index is -0.482. The third-order valence-corrected chi connectivity index (χ3v) is 4.71. The molecule has 7 heteroatoms. The van der Waals surface area contributed by atoms with Crippen LogP contribution >= 0.6 is 23.2 Å². The number of nitro benzene ring substituents is 1. The lowest BCUT2D eigenvalue weighted by Crippen LogP contribution is -1.98. The molecule has 29 heavy (non-hydrogen) atoms. The highest BCUT2D eigenvalue weighted by Crippen LogP contribution is 2.28. The quantitative estimate of drug-likeness (QED) is 0.194. The van der Waals surface area contributed by atoms with Crippen LogP contribution in [0.4, 0.5) is 5.69 Å². The number of ether oxygens (including phenoxy) is 1. The summed E-state index contributed by atoms with van der Waals surface area (Å²) in [4.78, 5) is 10.3. The summed E-state index contributed by atoms with van der Waals surface area (Å²) in [6, 6.07) is 20.4. The molecule has 0 spiro atoms. The van der Waals surface area contributed by atoms with Crippen molar-refractivity contribution >= 4 is 40.5 Å². The highest BCUT2D eigenvalue weighted by molar-refractivity contribution is 6.35. The Morgan fingerprint density at radius 2 is 1.83 bits per heavy atom. The van der Waals surface area contributed by atoms with E-state index < -0.39 is 4.92 Å². The molecular weight excluding hydrogens is 411 g/mol. The van der Waals surface area contributed by atoms with Crippen LogP contribution in [-0.2, 0) is 6.61 Å². The second-order valence-corrected chi connectivity index (χ2v) is 6.88. The molecule has 0 aliphatic rings. The van der Waals surface area contributed by atoms with E-state index in [2.05, 4.69) is 6.07 Å². The molecule has 3 aromatic rings. The molecule has 0 heterocycles. The molecule has 0 saturated heterocycles. The van der Waals surface area contributed by atoms with Crippen LogP contribution in [0.15, 0.2) is 66.7 Å². The van der Waals surface area contributed by atoms with E-state index in [0.29, 0.717) is 32.5 Å². The second kappa shape index (κ2) is 9.24. The van der Waals surface area contributed by atoms with E-state index in [1.54, 1.807) is 42.5 Å². The van der Waals surface area contributed by atoms with Crippen LogP contribution in [-0.4, -0.2) is 4.92 Å². The molecule has 0 aliphatic carbocycles. The lowest BCUT2D eigenvalue weighted by atomic mass is 10.0. The van der Waals surface area contributed by atoms with E-state index in [-0.39, 0.29) is 12.3 Å². The summed E-state index contributed by atoms with van der Waals surface area (Å²) < 4.78 is 5.90. The first-order valence-corrected chi connectivity index (χ1v) is 9.26.